The van der Waals surface area contributed by atoms with Gasteiger partial charge in [0.1, 0.15) is 0 Å². The first kappa shape index (κ1) is 14.2. The van der Waals surface area contributed by atoms with E-state index in [2.05, 4.69) is 26.2 Å². The van der Waals surface area contributed by atoms with Gasteiger partial charge in [0.25, 0.3) is 5.91 Å². The Bertz CT molecular complexity index is 617. The van der Waals surface area contributed by atoms with Gasteiger partial charge in [-0.25, -0.2) is 4.79 Å². The van der Waals surface area contributed by atoms with E-state index in [9.17, 15) is 9.59 Å². The minimum absolute atomic E-state index is 0.307. The lowest BCUT2D eigenvalue weighted by molar-refractivity contribution is -0.119. The van der Waals surface area contributed by atoms with Crippen molar-refractivity contribution in [1.29, 1.82) is 0 Å². The molecule has 1 heterocycles. The molecule has 1 N–H and O–H groups in total. The minimum atomic E-state index is -0.583. The summed E-state index contributed by atoms with van der Waals surface area (Å²) in [6.45, 7) is -0.352. The summed E-state index contributed by atoms with van der Waals surface area (Å²) < 4.78 is 5.65. The van der Waals surface area contributed by atoms with E-state index in [0.29, 0.717) is 11.3 Å². The highest BCUT2D eigenvalue weighted by atomic mass is 79.9. The number of halogens is 1. The molecule has 1 aromatic heterocycles. The number of carbonyl (C=O) groups is 2. The van der Waals surface area contributed by atoms with E-state index in [1.54, 1.807) is 36.5 Å². The van der Waals surface area contributed by atoms with Crippen molar-refractivity contribution in [2.75, 3.05) is 11.9 Å². The number of hydrogen-bond donors (Lipinski definition) is 1. The predicted molar refractivity (Wildman–Crippen MR) is 77.3 cm³/mol. The molecule has 0 bridgehead atoms. The summed E-state index contributed by atoms with van der Waals surface area (Å²) in [7, 11) is 0. The Labute approximate surface area is 124 Å². The predicted octanol–water partition coefficient (Wildman–Crippen LogP) is 2.64. The van der Waals surface area contributed by atoms with Crippen LogP contribution in [0.2, 0.25) is 0 Å². The molecule has 0 radical (unpaired) electrons. The van der Waals surface area contributed by atoms with E-state index in [0.717, 1.165) is 4.47 Å². The highest BCUT2D eigenvalue weighted by Crippen LogP contribution is 2.20. The topological polar surface area (TPSA) is 68.3 Å². The average Bonchev–Trinajstić information content (AvgIpc) is 2.48. The third-order valence-electron chi connectivity index (χ3n) is 2.38. The summed E-state index contributed by atoms with van der Waals surface area (Å²) in [4.78, 5) is 27.1. The number of hydrogen-bond acceptors (Lipinski definition) is 4. The number of para-hydroxylation sites is 1. The van der Waals surface area contributed by atoms with Crippen molar-refractivity contribution in [3.05, 3.63) is 58.8 Å². The van der Waals surface area contributed by atoms with Crippen LogP contribution < -0.4 is 5.32 Å². The Balaban J connectivity index is 1.87. The fraction of sp³-hybridized carbons (Fsp3) is 0.0714. The maximum atomic E-state index is 11.7. The number of pyridine rings is 1. The van der Waals surface area contributed by atoms with Crippen molar-refractivity contribution in [3.63, 3.8) is 0 Å². The van der Waals surface area contributed by atoms with E-state index in [-0.39, 0.29) is 6.61 Å². The second kappa shape index (κ2) is 6.81. The lowest BCUT2D eigenvalue weighted by Gasteiger charge is -2.07. The van der Waals surface area contributed by atoms with Crippen molar-refractivity contribution in [1.82, 2.24) is 4.98 Å². The van der Waals surface area contributed by atoms with Crippen molar-refractivity contribution in [2.24, 2.45) is 0 Å². The minimum Gasteiger partial charge on any atom is -0.452 e. The van der Waals surface area contributed by atoms with Gasteiger partial charge in [0.15, 0.2) is 6.61 Å². The van der Waals surface area contributed by atoms with Crippen LogP contribution in [0.25, 0.3) is 0 Å². The number of aromatic nitrogens is 1. The van der Waals surface area contributed by atoms with Gasteiger partial charge in [-0.1, -0.05) is 12.1 Å². The maximum Gasteiger partial charge on any atom is 0.340 e. The molecular formula is C14H11BrN2O3. The van der Waals surface area contributed by atoms with Crippen molar-refractivity contribution >= 4 is 33.5 Å². The maximum absolute atomic E-state index is 11.7. The van der Waals surface area contributed by atoms with Gasteiger partial charge < -0.3 is 10.1 Å². The number of ether oxygens (including phenoxy) is 1. The molecule has 1 aromatic carbocycles. The second-order valence-corrected chi connectivity index (χ2v) is 4.70. The number of carbonyl (C=O) groups excluding carboxylic acids is 2. The van der Waals surface area contributed by atoms with Crippen LogP contribution in [0.5, 0.6) is 0 Å². The van der Waals surface area contributed by atoms with E-state index in [1.807, 2.05) is 6.07 Å². The zero-order valence-corrected chi connectivity index (χ0v) is 12.0. The molecule has 6 heteroatoms. The zero-order valence-electron chi connectivity index (χ0n) is 10.4. The van der Waals surface area contributed by atoms with E-state index in [4.69, 9.17) is 4.74 Å². The number of amides is 1. The molecule has 20 heavy (non-hydrogen) atoms. The number of anilines is 1. The standard InChI is InChI=1S/C14H11BrN2O3/c15-11-5-1-2-6-12(11)17-13(18)9-20-14(19)10-4-3-7-16-8-10/h1-8H,9H2,(H,17,18). The van der Waals surface area contributed by atoms with Gasteiger partial charge >= 0.3 is 5.97 Å². The van der Waals surface area contributed by atoms with Crippen LogP contribution in [-0.2, 0) is 9.53 Å². The average molecular weight is 335 g/mol. The van der Waals surface area contributed by atoms with Crippen LogP contribution in [0.4, 0.5) is 5.69 Å². The number of nitrogens with one attached hydrogen (secondary N) is 1. The molecular weight excluding hydrogens is 324 g/mol. The molecule has 0 fully saturated rings. The molecule has 0 saturated carbocycles. The fourth-order valence-electron chi connectivity index (χ4n) is 1.45. The Morgan fingerprint density at radius 1 is 1.20 bits per heavy atom. The second-order valence-electron chi connectivity index (χ2n) is 3.85. The number of esters is 1. The van der Waals surface area contributed by atoms with E-state index in [1.165, 1.54) is 6.20 Å². The third-order valence-corrected chi connectivity index (χ3v) is 3.07. The van der Waals surface area contributed by atoms with Gasteiger partial charge in [0.05, 0.1) is 11.3 Å². The molecule has 102 valence electrons. The van der Waals surface area contributed by atoms with Gasteiger partial charge in [0, 0.05) is 16.9 Å². The van der Waals surface area contributed by atoms with E-state index < -0.39 is 11.9 Å². The van der Waals surface area contributed by atoms with Gasteiger partial charge in [-0.3, -0.25) is 9.78 Å². The fourth-order valence-corrected chi connectivity index (χ4v) is 1.83. The first-order valence-corrected chi connectivity index (χ1v) is 6.57. The first-order chi connectivity index (χ1) is 9.66. The summed E-state index contributed by atoms with van der Waals surface area (Å²) in [5.41, 5.74) is 0.927. The van der Waals surface area contributed by atoms with Crippen LogP contribution in [-0.4, -0.2) is 23.5 Å². The molecule has 2 rings (SSSR count). The number of nitrogens with zero attached hydrogens (tertiary/aromatic N) is 1. The molecule has 1 amide bonds. The molecule has 0 saturated heterocycles. The van der Waals surface area contributed by atoms with Crippen LogP contribution in [0.3, 0.4) is 0 Å². The summed E-state index contributed by atoms with van der Waals surface area (Å²) in [6, 6.07) is 10.4. The van der Waals surface area contributed by atoms with Crippen LogP contribution in [0.15, 0.2) is 53.3 Å². The van der Waals surface area contributed by atoms with E-state index >= 15 is 0 Å². The normalized spacial score (nSPS) is 9.85. The van der Waals surface area contributed by atoms with Gasteiger partial charge in [-0.15, -0.1) is 0 Å². The number of rotatable bonds is 4. The monoisotopic (exact) mass is 334 g/mol. The molecule has 0 atom stereocenters. The Hall–Kier alpha value is -2.21. The summed E-state index contributed by atoms with van der Waals surface area (Å²) in [5.74, 6) is -0.991. The molecule has 0 aliphatic carbocycles. The number of benzene rings is 1. The SMILES string of the molecule is O=C(COC(=O)c1cccnc1)Nc1ccccc1Br. The molecule has 0 unspecified atom stereocenters. The smallest absolute Gasteiger partial charge is 0.340 e. The highest BCUT2D eigenvalue weighted by Gasteiger charge is 2.10. The molecule has 2 aromatic rings. The molecule has 5 nitrogen and oxygen atoms in total. The Morgan fingerprint density at radius 2 is 2.00 bits per heavy atom. The quantitative estimate of drug-likeness (QED) is 0.872. The van der Waals surface area contributed by atoms with Gasteiger partial charge in [0.2, 0.25) is 0 Å². The first-order valence-electron chi connectivity index (χ1n) is 5.78. The molecule has 0 aliphatic heterocycles. The summed E-state index contributed by atoms with van der Waals surface area (Å²) in [5, 5.41) is 2.64. The van der Waals surface area contributed by atoms with Crippen LogP contribution in [0.1, 0.15) is 10.4 Å². The third kappa shape index (κ3) is 3.89. The zero-order chi connectivity index (χ0) is 14.4. The highest BCUT2D eigenvalue weighted by molar-refractivity contribution is 9.10. The van der Waals surface area contributed by atoms with Crippen molar-refractivity contribution < 1.29 is 14.3 Å². The lowest BCUT2D eigenvalue weighted by Crippen LogP contribution is -2.21. The van der Waals surface area contributed by atoms with Gasteiger partial charge in [-0.05, 0) is 40.2 Å². The van der Waals surface area contributed by atoms with Crippen LogP contribution in [0, 0.1) is 0 Å². The Kier molecular flexibility index (Phi) is 4.84. The van der Waals surface area contributed by atoms with Crippen molar-refractivity contribution in [2.45, 2.75) is 0 Å². The summed E-state index contributed by atoms with van der Waals surface area (Å²) in [6.07, 6.45) is 2.93. The molecule has 0 spiro atoms. The van der Waals surface area contributed by atoms with Gasteiger partial charge in [-0.2, -0.15) is 0 Å². The largest absolute Gasteiger partial charge is 0.452 e. The van der Waals surface area contributed by atoms with Crippen LogP contribution >= 0.6 is 15.9 Å². The molecule has 0 aliphatic rings. The summed E-state index contributed by atoms with van der Waals surface area (Å²) >= 11 is 3.31. The Morgan fingerprint density at radius 3 is 2.70 bits per heavy atom. The van der Waals surface area contributed by atoms with Crippen molar-refractivity contribution in [3.8, 4) is 0 Å². The lowest BCUT2D eigenvalue weighted by atomic mass is 10.3.